The molecule has 0 saturated heterocycles. The molecule has 77 heavy (non-hydrogen) atoms. The van der Waals surface area contributed by atoms with Crippen molar-refractivity contribution in [3.05, 3.63) is 177 Å². The van der Waals surface area contributed by atoms with E-state index in [0.29, 0.717) is 0 Å². The predicted molar refractivity (Wildman–Crippen MR) is 333 cm³/mol. The Morgan fingerprint density at radius 2 is 0.403 bits per heavy atom. The maximum atomic E-state index is 4.97. The third-order valence-electron chi connectivity index (χ3n) is 1.74. The van der Waals surface area contributed by atoms with Crippen LogP contribution in [0.4, 0.5) is 0 Å². The molecule has 0 saturated carbocycles. The number of allylic oxidation sites excluding steroid dienone is 10. The second kappa shape index (κ2) is 232. The number of unbranched alkanes of at least 4 members (excludes halogenated alkanes) is 2. The van der Waals surface area contributed by atoms with Crippen LogP contribution in [0.5, 0.6) is 0 Å². The molecular weight excluding hydrogens is 1880 g/mol. The average Bonchev–Trinajstić information content (AvgIpc) is 3.14. The molecule has 0 rings (SSSR count). The van der Waals surface area contributed by atoms with E-state index in [-0.39, 0.29) is 311 Å². The quantitative estimate of drug-likeness (QED) is 0.213. The fourth-order valence-electron chi connectivity index (χ4n) is 0.471. The topological polar surface area (TPSA) is 0 Å². The average molecular weight is 2020 g/mol. The molecule has 0 amide bonds. The SMILES string of the molecule is CC(C)C.CC(C)C.CC(C)C.CC(C)C.CC(C)C.CC(C)C.CC(C)C.CC(C)C.[CH-]=CCC[CH2-].[CH-]=CC[CH2-].[CH-]=CC[CH2-].[CH-]=CC[CH2-].[CH-]=C[CH2-].[CH-]=C[CH2-].[CH2-]C=CCC[CH2-].[CH2-]C=CC[CH2-].[CH3-].[W+2].[W].[Y].[Y].[Y].[Y].[Y].[Y].[Y].[Y]. The zero-order chi connectivity index (χ0) is 57.3. The van der Waals surface area contributed by atoms with E-state index in [1.54, 1.807) is 18.2 Å². The molecule has 0 aliphatic rings. The number of hydrogen-bond donors (Lipinski definition) is 0. The number of hydrogen-bond acceptors (Lipinski definition) is 0. The first-order chi connectivity index (χ1) is 30.2. The summed E-state index contributed by atoms with van der Waals surface area (Å²) in [5, 5.41) is 0. The van der Waals surface area contributed by atoms with Gasteiger partial charge in [0, 0.05) is 283 Å². The maximum absolute atomic E-state index is 4.97. The molecule has 0 spiro atoms. The van der Waals surface area contributed by atoms with E-state index < -0.39 is 0 Å². The fourth-order valence-corrected chi connectivity index (χ4v) is 0.471. The van der Waals surface area contributed by atoms with Crippen LogP contribution in [-0.2, 0) is 304 Å². The zero-order valence-electron chi connectivity index (χ0n) is 57.0. The van der Waals surface area contributed by atoms with Crippen LogP contribution >= 0.6 is 0 Å². The summed E-state index contributed by atoms with van der Waals surface area (Å²) in [6, 6.07) is 0. The largest absolute Gasteiger partial charge is 2.00 e. The third-order valence-corrected chi connectivity index (χ3v) is 1.74. The van der Waals surface area contributed by atoms with Crippen LogP contribution in [0.2, 0.25) is 0 Å². The van der Waals surface area contributed by atoms with Gasteiger partial charge in [-0.2, -0.15) is 32.1 Å². The first-order valence-electron chi connectivity index (χ1n) is 24.6. The smallest absolute Gasteiger partial charge is 0.549 e. The minimum absolute atomic E-state index is 0. The molecule has 8 radical (unpaired) electrons. The van der Waals surface area contributed by atoms with E-state index in [0.717, 1.165) is 98.7 Å². The summed E-state index contributed by atoms with van der Waals surface area (Å²) in [6.07, 6.45) is 23.0. The first-order valence-corrected chi connectivity index (χ1v) is 24.6. The molecule has 0 N–H and O–H groups in total. The van der Waals surface area contributed by atoms with E-state index in [9.17, 15) is 0 Å². The van der Waals surface area contributed by atoms with Crippen LogP contribution in [0, 0.1) is 163 Å². The summed E-state index contributed by atoms with van der Waals surface area (Å²) in [5.74, 6) is 6.67. The van der Waals surface area contributed by atoms with Crippen LogP contribution in [0.3, 0.4) is 0 Å². The van der Waals surface area contributed by atoms with Crippen LogP contribution in [-0.4, -0.2) is 0 Å². The second-order valence-corrected chi connectivity index (χ2v) is 18.7. The Hall–Kier alpha value is 7.61. The van der Waals surface area contributed by atoms with Gasteiger partial charge < -0.3 is 133 Å². The van der Waals surface area contributed by atoms with Gasteiger partial charge in [-0.25, -0.2) is 38.5 Å². The summed E-state index contributed by atoms with van der Waals surface area (Å²) >= 11 is 0. The van der Waals surface area contributed by atoms with Crippen molar-refractivity contribution in [1.29, 1.82) is 0 Å². The zero-order valence-corrected chi connectivity index (χ0v) is 85.6. The van der Waals surface area contributed by atoms with E-state index in [1.807, 2.05) is 12.2 Å². The maximum Gasteiger partial charge on any atom is 2.00 e. The number of rotatable bonds is 8. The Bertz CT molecular complexity index is 604. The van der Waals surface area contributed by atoms with Crippen molar-refractivity contribution >= 4 is 0 Å². The molecule has 0 aromatic carbocycles. The van der Waals surface area contributed by atoms with Crippen molar-refractivity contribution in [1.82, 2.24) is 0 Å². The van der Waals surface area contributed by atoms with Gasteiger partial charge in [-0.1, -0.05) is 173 Å². The molecule has 0 heterocycles. The Morgan fingerprint density at radius 3 is 0.416 bits per heavy atom. The van der Waals surface area contributed by atoms with Gasteiger partial charge in [0.25, 0.3) is 0 Å². The monoisotopic (exact) mass is 2020 g/mol. The molecule has 0 aliphatic heterocycles. The molecule has 454 valence electrons. The van der Waals surface area contributed by atoms with Crippen molar-refractivity contribution < 1.29 is 304 Å². The van der Waals surface area contributed by atoms with Gasteiger partial charge in [0.2, 0.25) is 0 Å². The van der Waals surface area contributed by atoms with E-state index in [2.05, 4.69) is 249 Å². The van der Waals surface area contributed by atoms with E-state index in [1.165, 1.54) is 30.4 Å². The van der Waals surface area contributed by atoms with Gasteiger partial charge in [-0.05, 0) is 47.3 Å². The van der Waals surface area contributed by atoms with Gasteiger partial charge in [0.05, 0.1) is 0 Å². The molecule has 0 aromatic rings. The van der Waals surface area contributed by atoms with Crippen LogP contribution in [0.1, 0.15) is 218 Å². The summed E-state index contributed by atoms with van der Waals surface area (Å²) in [4.78, 5) is 0. The van der Waals surface area contributed by atoms with Crippen molar-refractivity contribution in [2.75, 3.05) is 0 Å². The normalized spacial score (nSPS) is 6.94. The summed E-state index contributed by atoms with van der Waals surface area (Å²) in [5.41, 5.74) is 0. The Morgan fingerprint density at radius 1 is 0.286 bits per heavy atom. The van der Waals surface area contributed by atoms with Crippen molar-refractivity contribution in [2.45, 2.75) is 218 Å². The van der Waals surface area contributed by atoms with Crippen molar-refractivity contribution in [3.8, 4) is 0 Å². The Balaban J connectivity index is -0.0000000138. The minimum Gasteiger partial charge on any atom is -0.549 e. The molecule has 0 fully saturated rings. The van der Waals surface area contributed by atoms with Gasteiger partial charge >= 0.3 is 21.1 Å². The van der Waals surface area contributed by atoms with Gasteiger partial charge in [0.1, 0.15) is 0 Å². The Kier molecular flexibility index (Phi) is 537. The van der Waals surface area contributed by atoms with Gasteiger partial charge in [0.15, 0.2) is 0 Å². The third kappa shape index (κ3) is 1800. The molecule has 0 aliphatic carbocycles. The van der Waals surface area contributed by atoms with Gasteiger partial charge in [-0.15, -0.1) is 6.42 Å². The standard InChI is InChI=1S/C6H10.2C5H8.8C4H10.3C4H6.2C3H4.CH3.2W.8Y/c1-3-5-6-4-2;2*1-3-5-4-2;8*1-4(2)3;3*1-3-4-2;2*1-3-2;;;;;;;;;;;/h3,5H,1-2,4,6H2;3,5H,1-2,4H2;1,3H,2,4-5H2;8*4H,1-3H3;3*1,3H,2,4H2;2*1,3H,2H2;1H3;;;;;;;;;;/q3*-2;;;;;;;;;5*-2;-1;;+2;;;;;;;;. The summed E-state index contributed by atoms with van der Waals surface area (Å²) in [6.45, 7) is 115. The van der Waals surface area contributed by atoms with Gasteiger partial charge in [-0.3, -0.25) is 12.2 Å². The molecule has 0 bridgehead atoms. The predicted octanol–water partition coefficient (Wildman–Crippen LogP) is 24.1. The summed E-state index contributed by atoms with van der Waals surface area (Å²) in [7, 11) is 0. The molecule has 0 nitrogen and oxygen atoms in total. The minimum atomic E-state index is 0. The van der Waals surface area contributed by atoms with E-state index in [4.69, 9.17) is 26.3 Å². The molecule has 0 atom stereocenters. The van der Waals surface area contributed by atoms with Crippen molar-refractivity contribution in [2.24, 2.45) is 47.3 Å². The molecule has 0 unspecified atom stereocenters. The molecular formula is C67H135W2Y8-15. The van der Waals surface area contributed by atoms with Crippen molar-refractivity contribution in [3.63, 3.8) is 0 Å². The first kappa shape index (κ1) is 178. The second-order valence-electron chi connectivity index (χ2n) is 18.7. The summed E-state index contributed by atoms with van der Waals surface area (Å²) < 4.78 is 0. The molecule has 10 heteroatoms. The Labute approximate surface area is 731 Å². The molecule has 0 aromatic heterocycles. The van der Waals surface area contributed by atoms with Crippen LogP contribution < -0.4 is 0 Å². The van der Waals surface area contributed by atoms with Crippen LogP contribution in [0.15, 0.2) is 60.8 Å². The fraction of sp³-hybridized carbons (Fsp3) is 0.597. The van der Waals surface area contributed by atoms with Crippen LogP contribution in [0.25, 0.3) is 0 Å². The van der Waals surface area contributed by atoms with E-state index >= 15 is 0 Å².